The van der Waals surface area contributed by atoms with Crippen molar-refractivity contribution in [1.29, 1.82) is 0 Å². The predicted octanol–water partition coefficient (Wildman–Crippen LogP) is 3.95. The highest BCUT2D eigenvalue weighted by molar-refractivity contribution is 5.43. The summed E-state index contributed by atoms with van der Waals surface area (Å²) in [4.78, 5) is 0. The van der Waals surface area contributed by atoms with E-state index in [9.17, 15) is 0 Å². The molecule has 1 aromatic rings. The molecule has 1 heterocycles. The minimum absolute atomic E-state index is 0.527. The second-order valence-electron chi connectivity index (χ2n) is 6.89. The van der Waals surface area contributed by atoms with Crippen LogP contribution in [-0.2, 0) is 6.42 Å². The van der Waals surface area contributed by atoms with Gasteiger partial charge >= 0.3 is 0 Å². The van der Waals surface area contributed by atoms with Crippen molar-refractivity contribution in [1.82, 2.24) is 5.32 Å². The van der Waals surface area contributed by atoms with Gasteiger partial charge in [-0.2, -0.15) is 0 Å². The molecule has 3 rings (SSSR count). The van der Waals surface area contributed by atoms with Gasteiger partial charge in [-0.05, 0) is 61.6 Å². The second-order valence-corrected chi connectivity index (χ2v) is 6.89. The van der Waals surface area contributed by atoms with Gasteiger partial charge in [0, 0.05) is 11.6 Å². The lowest BCUT2D eigenvalue weighted by molar-refractivity contribution is 0.173. The van der Waals surface area contributed by atoms with Gasteiger partial charge in [0.15, 0.2) is 0 Å². The highest BCUT2D eigenvalue weighted by Gasteiger charge is 2.33. The van der Waals surface area contributed by atoms with Crippen molar-refractivity contribution >= 4 is 0 Å². The van der Waals surface area contributed by atoms with Crippen LogP contribution >= 0.6 is 0 Å². The van der Waals surface area contributed by atoms with E-state index >= 15 is 0 Å². The van der Waals surface area contributed by atoms with Crippen molar-refractivity contribution in [2.75, 3.05) is 13.7 Å². The zero-order valence-corrected chi connectivity index (χ0v) is 13.0. The molecule has 0 saturated heterocycles. The Labute approximate surface area is 122 Å². The summed E-state index contributed by atoms with van der Waals surface area (Å²) < 4.78 is 5.56. The topological polar surface area (TPSA) is 21.3 Å². The van der Waals surface area contributed by atoms with Crippen LogP contribution in [0.2, 0.25) is 0 Å². The smallest absolute Gasteiger partial charge is 0.122 e. The molecule has 3 atom stereocenters. The third kappa shape index (κ3) is 2.58. The number of ether oxygens (including phenoxy) is 1. The maximum atomic E-state index is 5.56. The van der Waals surface area contributed by atoms with Crippen LogP contribution in [0, 0.1) is 17.8 Å². The number of fused-ring (bicyclic) bond motifs is 1. The molecule has 0 aromatic heterocycles. The minimum atomic E-state index is 0.527. The van der Waals surface area contributed by atoms with Crippen molar-refractivity contribution in [3.63, 3.8) is 0 Å². The molecule has 0 bridgehead atoms. The molecule has 1 saturated carbocycles. The summed E-state index contributed by atoms with van der Waals surface area (Å²) in [6.45, 7) is 5.91. The van der Waals surface area contributed by atoms with E-state index in [-0.39, 0.29) is 0 Å². The van der Waals surface area contributed by atoms with Gasteiger partial charge in [0.2, 0.25) is 0 Å². The quantitative estimate of drug-likeness (QED) is 0.881. The standard InChI is InChI=1S/C18H27NO/c1-12-9-13(2)11-14(10-12)18-16-5-4-6-17(20-3)15(16)7-8-19-18/h4-6,12-14,18-19H,7-11H2,1-3H3. The van der Waals surface area contributed by atoms with Gasteiger partial charge < -0.3 is 10.1 Å². The van der Waals surface area contributed by atoms with Crippen LogP contribution in [0.15, 0.2) is 18.2 Å². The molecular weight excluding hydrogens is 246 g/mol. The van der Waals surface area contributed by atoms with Crippen LogP contribution in [0.4, 0.5) is 0 Å². The summed E-state index contributed by atoms with van der Waals surface area (Å²) in [5, 5.41) is 3.78. The zero-order valence-electron chi connectivity index (χ0n) is 13.0. The fourth-order valence-electron chi connectivity index (χ4n) is 4.50. The average molecular weight is 273 g/mol. The van der Waals surface area contributed by atoms with Crippen LogP contribution in [0.5, 0.6) is 5.75 Å². The Hall–Kier alpha value is -1.02. The Balaban J connectivity index is 1.90. The number of rotatable bonds is 2. The van der Waals surface area contributed by atoms with Gasteiger partial charge in [0.25, 0.3) is 0 Å². The van der Waals surface area contributed by atoms with Gasteiger partial charge in [0.05, 0.1) is 7.11 Å². The molecule has 2 heteroatoms. The van der Waals surface area contributed by atoms with E-state index in [1.54, 1.807) is 7.11 Å². The maximum Gasteiger partial charge on any atom is 0.122 e. The van der Waals surface area contributed by atoms with E-state index in [1.165, 1.54) is 30.4 Å². The summed E-state index contributed by atoms with van der Waals surface area (Å²) in [7, 11) is 1.79. The van der Waals surface area contributed by atoms with Crippen molar-refractivity contribution < 1.29 is 4.74 Å². The number of methoxy groups -OCH3 is 1. The number of hydrogen-bond acceptors (Lipinski definition) is 2. The van der Waals surface area contributed by atoms with Crippen molar-refractivity contribution in [2.24, 2.45) is 17.8 Å². The highest BCUT2D eigenvalue weighted by atomic mass is 16.5. The fraction of sp³-hybridized carbons (Fsp3) is 0.667. The van der Waals surface area contributed by atoms with E-state index in [1.807, 2.05) is 0 Å². The van der Waals surface area contributed by atoms with Crippen molar-refractivity contribution in [3.05, 3.63) is 29.3 Å². The van der Waals surface area contributed by atoms with Crippen LogP contribution in [0.3, 0.4) is 0 Å². The molecule has 1 fully saturated rings. The Kier molecular flexibility index (Phi) is 4.02. The largest absolute Gasteiger partial charge is 0.496 e. The summed E-state index contributed by atoms with van der Waals surface area (Å²) in [5.41, 5.74) is 2.92. The van der Waals surface area contributed by atoms with Gasteiger partial charge in [0.1, 0.15) is 5.75 Å². The monoisotopic (exact) mass is 273 g/mol. The summed E-state index contributed by atoms with van der Waals surface area (Å²) in [6.07, 6.45) is 5.21. The molecule has 1 aliphatic heterocycles. The molecule has 3 unspecified atom stereocenters. The molecule has 0 amide bonds. The normalized spacial score (nSPS) is 33.5. The van der Waals surface area contributed by atoms with Crippen LogP contribution in [0.25, 0.3) is 0 Å². The summed E-state index contributed by atoms with van der Waals surface area (Å²) in [5.74, 6) is 3.58. The Morgan fingerprint density at radius 2 is 1.85 bits per heavy atom. The van der Waals surface area contributed by atoms with Gasteiger partial charge in [-0.3, -0.25) is 0 Å². The third-order valence-electron chi connectivity index (χ3n) is 5.15. The molecule has 1 aromatic carbocycles. The number of hydrogen-bond donors (Lipinski definition) is 1. The molecule has 1 aliphatic carbocycles. The van der Waals surface area contributed by atoms with Crippen LogP contribution in [0.1, 0.15) is 50.3 Å². The van der Waals surface area contributed by atoms with E-state index in [0.717, 1.165) is 36.5 Å². The van der Waals surface area contributed by atoms with Gasteiger partial charge in [-0.25, -0.2) is 0 Å². The molecular formula is C18H27NO. The Morgan fingerprint density at radius 1 is 1.10 bits per heavy atom. The minimum Gasteiger partial charge on any atom is -0.496 e. The van der Waals surface area contributed by atoms with Crippen molar-refractivity contribution in [2.45, 2.75) is 45.6 Å². The fourth-order valence-corrected chi connectivity index (χ4v) is 4.50. The molecule has 0 radical (unpaired) electrons. The Morgan fingerprint density at radius 3 is 2.55 bits per heavy atom. The zero-order chi connectivity index (χ0) is 14.1. The van der Waals surface area contributed by atoms with E-state index < -0.39 is 0 Å². The Bertz CT molecular complexity index is 460. The summed E-state index contributed by atoms with van der Waals surface area (Å²) in [6, 6.07) is 7.08. The first kappa shape index (κ1) is 13.9. The average Bonchev–Trinajstić information content (AvgIpc) is 2.45. The lowest BCUT2D eigenvalue weighted by Gasteiger charge is -2.40. The molecule has 110 valence electrons. The second kappa shape index (κ2) is 5.77. The number of benzene rings is 1. The van der Waals surface area contributed by atoms with Gasteiger partial charge in [-0.15, -0.1) is 0 Å². The summed E-state index contributed by atoms with van der Waals surface area (Å²) >= 11 is 0. The molecule has 20 heavy (non-hydrogen) atoms. The lowest BCUT2D eigenvalue weighted by atomic mass is 9.71. The predicted molar refractivity (Wildman–Crippen MR) is 83.1 cm³/mol. The first-order chi connectivity index (χ1) is 9.69. The van der Waals surface area contributed by atoms with E-state index in [2.05, 4.69) is 37.4 Å². The number of nitrogens with one attached hydrogen (secondary N) is 1. The van der Waals surface area contributed by atoms with Crippen LogP contribution in [-0.4, -0.2) is 13.7 Å². The maximum absolute atomic E-state index is 5.56. The first-order valence-electron chi connectivity index (χ1n) is 8.08. The lowest BCUT2D eigenvalue weighted by Crippen LogP contribution is -2.38. The highest BCUT2D eigenvalue weighted by Crippen LogP contribution is 2.43. The molecule has 0 spiro atoms. The van der Waals surface area contributed by atoms with E-state index in [4.69, 9.17) is 4.74 Å². The third-order valence-corrected chi connectivity index (χ3v) is 5.15. The molecule has 2 nitrogen and oxygen atoms in total. The first-order valence-corrected chi connectivity index (χ1v) is 8.08. The van der Waals surface area contributed by atoms with Crippen molar-refractivity contribution in [3.8, 4) is 5.75 Å². The van der Waals surface area contributed by atoms with Gasteiger partial charge in [-0.1, -0.05) is 26.0 Å². The molecule has 2 aliphatic rings. The van der Waals surface area contributed by atoms with E-state index in [0.29, 0.717) is 6.04 Å². The SMILES string of the molecule is COc1cccc2c1CCNC2C1CC(C)CC(C)C1. The van der Waals surface area contributed by atoms with Crippen LogP contribution < -0.4 is 10.1 Å². The molecule has 1 N–H and O–H groups in total.